The van der Waals surface area contributed by atoms with E-state index in [0.717, 1.165) is 4.31 Å². The van der Waals surface area contributed by atoms with Gasteiger partial charge in [0.15, 0.2) is 0 Å². The lowest BCUT2D eigenvalue weighted by Crippen LogP contribution is -2.50. The minimum absolute atomic E-state index is 0.00959. The number of hydrogen-bond acceptors (Lipinski definition) is 4. The zero-order chi connectivity index (χ0) is 18.1. The van der Waals surface area contributed by atoms with Crippen LogP contribution in [0.3, 0.4) is 0 Å². The highest BCUT2D eigenvalue weighted by Gasteiger charge is 2.41. The molecule has 1 aliphatic rings. The molecule has 1 aromatic rings. The third-order valence-electron chi connectivity index (χ3n) is 4.18. The van der Waals surface area contributed by atoms with E-state index in [2.05, 4.69) is 0 Å². The number of aliphatic hydroxyl groups is 1. The lowest BCUT2D eigenvalue weighted by atomic mass is 9.91. The van der Waals surface area contributed by atoms with Crippen LogP contribution in [-0.4, -0.2) is 67.8 Å². The van der Waals surface area contributed by atoms with E-state index >= 15 is 0 Å². The van der Waals surface area contributed by atoms with Crippen LogP contribution in [0.1, 0.15) is 23.2 Å². The van der Waals surface area contributed by atoms with Crippen LogP contribution >= 0.6 is 0 Å². The fraction of sp³-hybridized carbons (Fsp3) is 0.533. The quantitative estimate of drug-likeness (QED) is 0.872. The lowest BCUT2D eigenvalue weighted by Gasteiger charge is -2.37. The summed E-state index contributed by atoms with van der Waals surface area (Å²) in [5.41, 5.74) is -1.90. The highest BCUT2D eigenvalue weighted by atomic mass is 32.2. The highest BCUT2D eigenvalue weighted by molar-refractivity contribution is 7.89. The Morgan fingerprint density at radius 2 is 1.88 bits per heavy atom. The molecule has 0 saturated carbocycles. The maximum Gasteiger partial charge on any atom is 0.266 e. The fourth-order valence-corrected chi connectivity index (χ4v) is 3.45. The molecule has 24 heavy (non-hydrogen) atoms. The number of halogens is 2. The Hall–Kier alpha value is -1.58. The Labute approximate surface area is 139 Å². The molecule has 1 fully saturated rings. The van der Waals surface area contributed by atoms with Crippen molar-refractivity contribution in [1.82, 2.24) is 9.21 Å². The van der Waals surface area contributed by atoms with Gasteiger partial charge in [-0.3, -0.25) is 4.79 Å². The number of sulfonamides is 1. The number of alkyl halides is 2. The minimum Gasteiger partial charge on any atom is -0.384 e. The predicted molar refractivity (Wildman–Crippen MR) is 83.4 cm³/mol. The summed E-state index contributed by atoms with van der Waals surface area (Å²) in [4.78, 5) is 13.8. The molecule has 1 amide bonds. The van der Waals surface area contributed by atoms with Crippen LogP contribution in [-0.2, 0) is 10.0 Å². The van der Waals surface area contributed by atoms with Crippen molar-refractivity contribution in [2.45, 2.75) is 29.8 Å². The second-order valence-electron chi connectivity index (χ2n) is 6.01. The van der Waals surface area contributed by atoms with Crippen LogP contribution in [0.15, 0.2) is 29.2 Å². The van der Waals surface area contributed by atoms with Gasteiger partial charge in [-0.2, -0.15) is 0 Å². The van der Waals surface area contributed by atoms with Crippen LogP contribution in [0.25, 0.3) is 0 Å². The van der Waals surface area contributed by atoms with Crippen LogP contribution in [0, 0.1) is 0 Å². The van der Waals surface area contributed by atoms with Gasteiger partial charge < -0.3 is 10.0 Å². The SMILES string of the molecule is CN(C)S(=O)(=O)c1cccc(C(=O)N2CCC(O)(C(F)F)CC2)c1. The Balaban J connectivity index is 2.18. The molecule has 6 nitrogen and oxygen atoms in total. The molecule has 0 radical (unpaired) electrons. The maximum atomic E-state index is 12.8. The molecule has 9 heteroatoms. The minimum atomic E-state index is -3.67. The number of rotatable bonds is 4. The van der Waals surface area contributed by atoms with Gasteiger partial charge in [-0.05, 0) is 31.0 Å². The Morgan fingerprint density at radius 1 is 1.29 bits per heavy atom. The van der Waals surface area contributed by atoms with E-state index in [-0.39, 0.29) is 36.4 Å². The van der Waals surface area contributed by atoms with Crippen LogP contribution in [0.2, 0.25) is 0 Å². The zero-order valence-electron chi connectivity index (χ0n) is 13.4. The van der Waals surface area contributed by atoms with Crippen molar-refractivity contribution in [1.29, 1.82) is 0 Å². The topological polar surface area (TPSA) is 77.9 Å². The van der Waals surface area contributed by atoms with E-state index in [1.807, 2.05) is 0 Å². The van der Waals surface area contributed by atoms with E-state index in [9.17, 15) is 27.1 Å². The van der Waals surface area contributed by atoms with Crippen molar-refractivity contribution >= 4 is 15.9 Å². The number of carbonyl (C=O) groups is 1. The van der Waals surface area contributed by atoms with Gasteiger partial charge in [0, 0.05) is 32.7 Å². The summed E-state index contributed by atoms with van der Waals surface area (Å²) in [6, 6.07) is 5.59. The number of nitrogens with zero attached hydrogens (tertiary/aromatic N) is 2. The monoisotopic (exact) mass is 362 g/mol. The largest absolute Gasteiger partial charge is 0.384 e. The Kier molecular flexibility index (Phi) is 5.26. The summed E-state index contributed by atoms with van der Waals surface area (Å²) < 4.78 is 50.9. The van der Waals surface area contributed by atoms with Crippen molar-refractivity contribution < 1.29 is 27.1 Å². The molecule has 0 atom stereocenters. The van der Waals surface area contributed by atoms with E-state index < -0.39 is 28.0 Å². The normalized spacial score (nSPS) is 18.2. The lowest BCUT2D eigenvalue weighted by molar-refractivity contribution is -0.122. The molecule has 1 aliphatic heterocycles. The molecule has 0 unspecified atom stereocenters. The van der Waals surface area contributed by atoms with Gasteiger partial charge in [0.05, 0.1) is 4.90 Å². The molecule has 1 N–H and O–H groups in total. The second kappa shape index (κ2) is 6.73. The van der Waals surface area contributed by atoms with Gasteiger partial charge in [-0.15, -0.1) is 0 Å². The molecule has 0 aromatic heterocycles. The summed E-state index contributed by atoms with van der Waals surface area (Å²) in [6.07, 6.45) is -3.29. The molecular formula is C15H20F2N2O4S. The molecule has 134 valence electrons. The van der Waals surface area contributed by atoms with Crippen molar-refractivity contribution in [3.63, 3.8) is 0 Å². The molecule has 0 aliphatic carbocycles. The number of piperidine rings is 1. The zero-order valence-corrected chi connectivity index (χ0v) is 14.3. The first-order valence-corrected chi connectivity index (χ1v) is 8.84. The Morgan fingerprint density at radius 3 is 2.38 bits per heavy atom. The molecule has 1 heterocycles. The number of carbonyl (C=O) groups excluding carboxylic acids is 1. The number of likely N-dealkylation sites (tertiary alicyclic amines) is 1. The smallest absolute Gasteiger partial charge is 0.266 e. The molecule has 1 aromatic carbocycles. The number of amides is 1. The van der Waals surface area contributed by atoms with Crippen molar-refractivity contribution in [3.05, 3.63) is 29.8 Å². The van der Waals surface area contributed by atoms with E-state index in [1.165, 1.54) is 43.3 Å². The summed E-state index contributed by atoms with van der Waals surface area (Å²) in [6.45, 7) is -0.0192. The van der Waals surface area contributed by atoms with Gasteiger partial charge in [0.1, 0.15) is 5.60 Å². The van der Waals surface area contributed by atoms with Crippen LogP contribution in [0.4, 0.5) is 8.78 Å². The fourth-order valence-electron chi connectivity index (χ4n) is 2.50. The summed E-state index contributed by atoms with van der Waals surface area (Å²) >= 11 is 0. The van der Waals surface area contributed by atoms with Gasteiger partial charge in [-0.25, -0.2) is 21.5 Å². The second-order valence-corrected chi connectivity index (χ2v) is 8.16. The summed E-state index contributed by atoms with van der Waals surface area (Å²) in [5.74, 6) is -0.442. The first-order chi connectivity index (χ1) is 11.1. The van der Waals surface area contributed by atoms with Gasteiger partial charge in [0.25, 0.3) is 12.3 Å². The third kappa shape index (κ3) is 3.57. The van der Waals surface area contributed by atoms with Gasteiger partial charge >= 0.3 is 0 Å². The van der Waals surface area contributed by atoms with E-state index in [4.69, 9.17) is 0 Å². The molecule has 0 bridgehead atoms. The number of hydrogen-bond donors (Lipinski definition) is 1. The van der Waals surface area contributed by atoms with Crippen LogP contribution < -0.4 is 0 Å². The average Bonchev–Trinajstić information content (AvgIpc) is 2.54. The highest BCUT2D eigenvalue weighted by Crippen LogP contribution is 2.29. The maximum absolute atomic E-state index is 12.8. The summed E-state index contributed by atoms with van der Waals surface area (Å²) in [7, 11) is -0.893. The predicted octanol–water partition coefficient (Wildman–Crippen LogP) is 1.17. The van der Waals surface area contributed by atoms with E-state index in [1.54, 1.807) is 0 Å². The third-order valence-corrected chi connectivity index (χ3v) is 5.99. The Bertz CT molecular complexity index is 714. The first-order valence-electron chi connectivity index (χ1n) is 7.40. The molecule has 2 rings (SSSR count). The van der Waals surface area contributed by atoms with Crippen molar-refractivity contribution in [2.75, 3.05) is 27.2 Å². The van der Waals surface area contributed by atoms with Crippen molar-refractivity contribution in [3.8, 4) is 0 Å². The van der Waals surface area contributed by atoms with Gasteiger partial charge in [0.2, 0.25) is 10.0 Å². The molecule has 0 spiro atoms. The summed E-state index contributed by atoms with van der Waals surface area (Å²) in [5, 5.41) is 9.76. The molecule has 1 saturated heterocycles. The standard InChI is InChI=1S/C15H20F2N2O4S/c1-18(2)24(22,23)12-5-3-4-11(10-12)13(20)19-8-6-15(21,7-9-19)14(16)17/h3-5,10,14,21H,6-9H2,1-2H3. The number of benzene rings is 1. The average molecular weight is 362 g/mol. The van der Waals surface area contributed by atoms with Crippen molar-refractivity contribution in [2.24, 2.45) is 0 Å². The van der Waals surface area contributed by atoms with E-state index in [0.29, 0.717) is 0 Å². The molecular weight excluding hydrogens is 342 g/mol. The van der Waals surface area contributed by atoms with Crippen LogP contribution in [0.5, 0.6) is 0 Å². The van der Waals surface area contributed by atoms with Gasteiger partial charge in [-0.1, -0.05) is 6.07 Å². The first kappa shape index (κ1) is 18.8.